The Balaban J connectivity index is 0.00000364. The van der Waals surface area contributed by atoms with Gasteiger partial charge in [0.25, 0.3) is 0 Å². The fraction of sp³-hybridized carbons (Fsp3) is 0.500. The predicted octanol–water partition coefficient (Wildman–Crippen LogP) is 3.13. The Labute approximate surface area is 183 Å². The summed E-state index contributed by atoms with van der Waals surface area (Å²) in [4.78, 5) is 4.59. The molecule has 0 amide bonds. The van der Waals surface area contributed by atoms with Crippen LogP contribution < -0.4 is 15.4 Å². The van der Waals surface area contributed by atoms with E-state index in [1.807, 2.05) is 36.6 Å². The highest BCUT2D eigenvalue weighted by Crippen LogP contribution is 2.18. The van der Waals surface area contributed by atoms with E-state index in [2.05, 4.69) is 32.7 Å². The maximum absolute atomic E-state index is 5.98. The Morgan fingerprint density at radius 1 is 1.33 bits per heavy atom. The summed E-state index contributed by atoms with van der Waals surface area (Å²) in [7, 11) is 0. The maximum Gasteiger partial charge on any atom is 0.191 e. The molecule has 9 heteroatoms. The molecule has 0 aliphatic carbocycles. The Morgan fingerprint density at radius 2 is 2.15 bits per heavy atom. The Bertz CT molecular complexity index is 709. The van der Waals surface area contributed by atoms with Crippen LogP contribution in [-0.4, -0.2) is 46.5 Å². The number of nitrogens with one attached hydrogen (secondary N) is 2. The second-order valence-electron chi connectivity index (χ2n) is 5.83. The molecule has 150 valence electrons. The molecule has 1 unspecified atom stereocenters. The second-order valence-corrected chi connectivity index (χ2v) is 6.26. The van der Waals surface area contributed by atoms with E-state index in [1.54, 1.807) is 12.4 Å². The zero-order valence-corrected chi connectivity index (χ0v) is 19.1. The van der Waals surface area contributed by atoms with E-state index in [0.717, 1.165) is 43.6 Å². The van der Waals surface area contributed by atoms with Crippen molar-refractivity contribution in [3.8, 4) is 5.75 Å². The molecule has 1 heterocycles. The third-order valence-electron chi connectivity index (χ3n) is 3.64. The summed E-state index contributed by atoms with van der Waals surface area (Å²) in [6.45, 7) is 8.95. The summed E-state index contributed by atoms with van der Waals surface area (Å²) in [5.41, 5.74) is 0. The summed E-state index contributed by atoms with van der Waals surface area (Å²) in [5.74, 6) is 2.50. The lowest BCUT2D eigenvalue weighted by Gasteiger charge is -2.15. The van der Waals surface area contributed by atoms with Crippen LogP contribution in [-0.2, 0) is 13.0 Å². The van der Waals surface area contributed by atoms with Gasteiger partial charge in [-0.2, -0.15) is 0 Å². The highest BCUT2D eigenvalue weighted by Gasteiger charge is 2.06. The minimum atomic E-state index is -0.0616. The quantitative estimate of drug-likeness (QED) is 0.310. The monoisotopic (exact) mass is 506 g/mol. The lowest BCUT2D eigenvalue weighted by Crippen LogP contribution is -2.39. The first kappa shape index (κ1) is 23.5. The Morgan fingerprint density at radius 3 is 2.85 bits per heavy atom. The predicted molar refractivity (Wildman–Crippen MR) is 120 cm³/mol. The first-order chi connectivity index (χ1) is 12.6. The summed E-state index contributed by atoms with van der Waals surface area (Å²) in [5, 5.41) is 15.3. The third kappa shape index (κ3) is 8.34. The van der Waals surface area contributed by atoms with Gasteiger partial charge in [0.15, 0.2) is 5.96 Å². The number of nitrogens with zero attached hydrogens (tertiary/aromatic N) is 4. The molecule has 0 saturated carbocycles. The molecule has 1 aromatic carbocycles. The van der Waals surface area contributed by atoms with E-state index in [4.69, 9.17) is 16.3 Å². The summed E-state index contributed by atoms with van der Waals surface area (Å²) in [6.07, 6.45) is 2.56. The molecule has 7 nitrogen and oxygen atoms in total. The van der Waals surface area contributed by atoms with Crippen LogP contribution in [0.1, 0.15) is 26.6 Å². The molecule has 0 aliphatic rings. The lowest BCUT2D eigenvalue weighted by molar-refractivity contribution is 0.230. The van der Waals surface area contributed by atoms with Crippen LogP contribution in [0.2, 0.25) is 5.02 Å². The van der Waals surface area contributed by atoms with E-state index in [-0.39, 0.29) is 30.1 Å². The highest BCUT2D eigenvalue weighted by atomic mass is 127. The summed E-state index contributed by atoms with van der Waals surface area (Å²) in [6, 6.07) is 7.38. The molecule has 2 aromatic rings. The zero-order chi connectivity index (χ0) is 18.8. The van der Waals surface area contributed by atoms with Crippen molar-refractivity contribution in [3.05, 3.63) is 41.4 Å². The van der Waals surface area contributed by atoms with Crippen LogP contribution in [0.3, 0.4) is 0 Å². The minimum Gasteiger partial charge on any atom is -0.489 e. The topological polar surface area (TPSA) is 76.4 Å². The number of hydrogen-bond acceptors (Lipinski definition) is 4. The van der Waals surface area contributed by atoms with Crippen LogP contribution in [0.4, 0.5) is 0 Å². The standard InChI is InChI=1S/C18H27ClN6O.HI/c1-4-17-24-23-13-25(17)10-9-21-18(20-5-2)22-12-14(3)26-16-8-6-7-15(19)11-16;/h6-8,11,13-14H,4-5,9-10,12H2,1-3H3,(H2,20,21,22);1H. The number of aryl methyl sites for hydroxylation is 1. The van der Waals surface area contributed by atoms with Crippen molar-refractivity contribution >= 4 is 41.5 Å². The fourth-order valence-corrected chi connectivity index (χ4v) is 2.59. The number of halogens is 2. The van der Waals surface area contributed by atoms with Crippen molar-refractivity contribution in [2.75, 3.05) is 19.6 Å². The first-order valence-corrected chi connectivity index (χ1v) is 9.31. The van der Waals surface area contributed by atoms with Gasteiger partial charge in [0, 0.05) is 31.1 Å². The van der Waals surface area contributed by atoms with Gasteiger partial charge in [-0.1, -0.05) is 24.6 Å². The van der Waals surface area contributed by atoms with Crippen LogP contribution in [0, 0.1) is 0 Å². The normalized spacial score (nSPS) is 12.2. The van der Waals surface area contributed by atoms with Crippen molar-refractivity contribution in [3.63, 3.8) is 0 Å². The SMILES string of the molecule is CCNC(=NCC(C)Oc1cccc(Cl)c1)NCCn1cnnc1CC.I. The van der Waals surface area contributed by atoms with Crippen molar-refractivity contribution < 1.29 is 4.74 Å². The molecule has 0 radical (unpaired) electrons. The number of aliphatic imine (C=N–C) groups is 1. The molecular formula is C18H28ClIN6O. The molecule has 0 saturated heterocycles. The number of benzene rings is 1. The molecular weight excluding hydrogens is 479 g/mol. The molecule has 27 heavy (non-hydrogen) atoms. The van der Waals surface area contributed by atoms with Crippen LogP contribution in [0.5, 0.6) is 5.75 Å². The lowest BCUT2D eigenvalue weighted by atomic mass is 10.3. The van der Waals surface area contributed by atoms with Gasteiger partial charge >= 0.3 is 0 Å². The Hall–Kier alpha value is -1.55. The van der Waals surface area contributed by atoms with Gasteiger partial charge < -0.3 is 19.9 Å². The van der Waals surface area contributed by atoms with Gasteiger partial charge in [-0.15, -0.1) is 34.2 Å². The van der Waals surface area contributed by atoms with E-state index in [1.165, 1.54) is 0 Å². The molecule has 1 atom stereocenters. The van der Waals surface area contributed by atoms with Crippen LogP contribution >= 0.6 is 35.6 Å². The molecule has 1 aromatic heterocycles. The number of ether oxygens (including phenoxy) is 1. The number of guanidine groups is 1. The molecule has 0 spiro atoms. The highest BCUT2D eigenvalue weighted by molar-refractivity contribution is 14.0. The van der Waals surface area contributed by atoms with Crippen LogP contribution in [0.25, 0.3) is 0 Å². The average Bonchev–Trinajstić information content (AvgIpc) is 3.07. The molecule has 0 fully saturated rings. The largest absolute Gasteiger partial charge is 0.489 e. The van der Waals surface area contributed by atoms with Gasteiger partial charge in [0.2, 0.25) is 0 Å². The van der Waals surface area contributed by atoms with E-state index in [9.17, 15) is 0 Å². The number of hydrogen-bond donors (Lipinski definition) is 2. The number of aromatic nitrogens is 3. The molecule has 0 bridgehead atoms. The fourth-order valence-electron chi connectivity index (χ4n) is 2.41. The molecule has 0 aliphatic heterocycles. The van der Waals surface area contributed by atoms with Crippen LogP contribution in [0.15, 0.2) is 35.6 Å². The number of rotatable bonds is 9. The van der Waals surface area contributed by atoms with Gasteiger partial charge in [0.1, 0.15) is 24.0 Å². The van der Waals surface area contributed by atoms with E-state index < -0.39 is 0 Å². The molecule has 2 N–H and O–H groups in total. The van der Waals surface area contributed by atoms with Crippen molar-refractivity contribution in [1.82, 2.24) is 25.4 Å². The smallest absolute Gasteiger partial charge is 0.191 e. The zero-order valence-electron chi connectivity index (χ0n) is 16.0. The van der Waals surface area contributed by atoms with Gasteiger partial charge in [0.05, 0.1) is 6.54 Å². The second kappa shape index (κ2) is 12.8. The van der Waals surface area contributed by atoms with Gasteiger partial charge in [-0.25, -0.2) is 4.99 Å². The third-order valence-corrected chi connectivity index (χ3v) is 3.88. The maximum atomic E-state index is 5.98. The van der Waals surface area contributed by atoms with Crippen molar-refractivity contribution in [2.45, 2.75) is 39.8 Å². The van der Waals surface area contributed by atoms with Crippen molar-refractivity contribution in [1.29, 1.82) is 0 Å². The summed E-state index contributed by atoms with van der Waals surface area (Å²) < 4.78 is 7.89. The summed E-state index contributed by atoms with van der Waals surface area (Å²) >= 11 is 5.98. The minimum absolute atomic E-state index is 0. The first-order valence-electron chi connectivity index (χ1n) is 8.93. The van der Waals surface area contributed by atoms with E-state index in [0.29, 0.717) is 11.6 Å². The van der Waals surface area contributed by atoms with Gasteiger partial charge in [-0.05, 0) is 32.0 Å². The average molecular weight is 507 g/mol. The Kier molecular flexibility index (Phi) is 11.1. The van der Waals surface area contributed by atoms with Crippen molar-refractivity contribution in [2.24, 2.45) is 4.99 Å². The van der Waals surface area contributed by atoms with Gasteiger partial charge in [-0.3, -0.25) is 0 Å². The molecule has 2 rings (SSSR count). The van der Waals surface area contributed by atoms with E-state index >= 15 is 0 Å².